The van der Waals surface area contributed by atoms with Crippen molar-refractivity contribution >= 4 is 5.97 Å². The van der Waals surface area contributed by atoms with Gasteiger partial charge in [-0.15, -0.1) is 0 Å². The van der Waals surface area contributed by atoms with Crippen molar-refractivity contribution in [2.24, 2.45) is 5.92 Å². The molecule has 3 unspecified atom stereocenters. The molecule has 1 fully saturated rings. The number of aliphatic hydroxyl groups is 1. The van der Waals surface area contributed by atoms with Gasteiger partial charge in [0.15, 0.2) is 0 Å². The molecule has 0 aliphatic heterocycles. The summed E-state index contributed by atoms with van der Waals surface area (Å²) in [4.78, 5) is 11.0. The highest BCUT2D eigenvalue weighted by Crippen LogP contribution is 2.27. The molecular formula is C13H22O4. The van der Waals surface area contributed by atoms with Crippen molar-refractivity contribution in [2.45, 2.75) is 51.4 Å². The molecule has 98 valence electrons. The van der Waals surface area contributed by atoms with E-state index in [4.69, 9.17) is 9.47 Å². The Morgan fingerprint density at radius 2 is 2.24 bits per heavy atom. The lowest BCUT2D eigenvalue weighted by Crippen LogP contribution is -2.38. The molecule has 3 atom stereocenters. The van der Waals surface area contributed by atoms with E-state index >= 15 is 0 Å². The predicted octanol–water partition coefficient (Wildman–Crippen LogP) is 1.67. The second kappa shape index (κ2) is 6.77. The summed E-state index contributed by atoms with van der Waals surface area (Å²) >= 11 is 0. The van der Waals surface area contributed by atoms with Gasteiger partial charge in [0.05, 0.1) is 24.9 Å². The Labute approximate surface area is 103 Å². The minimum atomic E-state index is -0.399. The SMILES string of the molecule is C=CC(=O)OCC1CCC(O)C(OC(C)C)C1. The van der Waals surface area contributed by atoms with Crippen molar-refractivity contribution in [3.05, 3.63) is 12.7 Å². The molecule has 0 bridgehead atoms. The smallest absolute Gasteiger partial charge is 0.330 e. The first-order valence-corrected chi connectivity index (χ1v) is 6.15. The van der Waals surface area contributed by atoms with E-state index in [0.717, 1.165) is 12.8 Å². The molecule has 1 rings (SSSR count). The number of hydrogen-bond donors (Lipinski definition) is 1. The molecule has 0 saturated heterocycles. The van der Waals surface area contributed by atoms with E-state index in [0.29, 0.717) is 13.0 Å². The standard InChI is InChI=1S/C13H22O4/c1-4-13(15)16-8-10-5-6-11(14)12(7-10)17-9(2)3/h4,9-12,14H,1,5-8H2,2-3H3. The average Bonchev–Trinajstić information content (AvgIpc) is 2.29. The summed E-state index contributed by atoms with van der Waals surface area (Å²) in [6.45, 7) is 7.64. The summed E-state index contributed by atoms with van der Waals surface area (Å²) in [6.07, 6.45) is 3.03. The van der Waals surface area contributed by atoms with Crippen LogP contribution in [0.5, 0.6) is 0 Å². The summed E-state index contributed by atoms with van der Waals surface area (Å²) in [7, 11) is 0. The maximum atomic E-state index is 11.0. The first-order valence-electron chi connectivity index (χ1n) is 6.15. The van der Waals surface area contributed by atoms with Gasteiger partial charge in [0.2, 0.25) is 0 Å². The highest BCUT2D eigenvalue weighted by atomic mass is 16.5. The van der Waals surface area contributed by atoms with Crippen LogP contribution in [0.3, 0.4) is 0 Å². The zero-order valence-electron chi connectivity index (χ0n) is 10.6. The molecule has 0 heterocycles. The van der Waals surface area contributed by atoms with Crippen molar-refractivity contribution in [1.29, 1.82) is 0 Å². The van der Waals surface area contributed by atoms with Crippen molar-refractivity contribution < 1.29 is 19.4 Å². The predicted molar refractivity (Wildman–Crippen MR) is 64.5 cm³/mol. The van der Waals surface area contributed by atoms with Crippen LogP contribution in [0, 0.1) is 5.92 Å². The van der Waals surface area contributed by atoms with Crippen LogP contribution in [0.25, 0.3) is 0 Å². The quantitative estimate of drug-likeness (QED) is 0.588. The van der Waals surface area contributed by atoms with Crippen LogP contribution in [-0.4, -0.2) is 36.0 Å². The first-order chi connectivity index (χ1) is 8.02. The largest absolute Gasteiger partial charge is 0.462 e. The average molecular weight is 242 g/mol. The second-order valence-electron chi connectivity index (χ2n) is 4.80. The highest BCUT2D eigenvalue weighted by molar-refractivity contribution is 5.81. The Bertz CT molecular complexity index is 262. The highest BCUT2D eigenvalue weighted by Gasteiger charge is 2.30. The third-order valence-corrected chi connectivity index (χ3v) is 2.94. The topological polar surface area (TPSA) is 55.8 Å². The van der Waals surface area contributed by atoms with Crippen molar-refractivity contribution in [3.63, 3.8) is 0 Å². The minimum absolute atomic E-state index is 0.101. The fraction of sp³-hybridized carbons (Fsp3) is 0.769. The molecule has 1 aliphatic rings. The molecule has 4 nitrogen and oxygen atoms in total. The van der Waals surface area contributed by atoms with Gasteiger partial charge in [0, 0.05) is 6.08 Å². The number of hydrogen-bond acceptors (Lipinski definition) is 4. The fourth-order valence-corrected chi connectivity index (χ4v) is 2.10. The Kier molecular flexibility index (Phi) is 5.65. The van der Waals surface area contributed by atoms with E-state index in [-0.39, 0.29) is 18.1 Å². The molecule has 0 spiro atoms. The van der Waals surface area contributed by atoms with Gasteiger partial charge in [-0.25, -0.2) is 4.79 Å². The molecule has 0 aromatic heterocycles. The Morgan fingerprint density at radius 3 is 2.82 bits per heavy atom. The van der Waals surface area contributed by atoms with Crippen LogP contribution in [0.1, 0.15) is 33.1 Å². The van der Waals surface area contributed by atoms with E-state index in [1.807, 2.05) is 13.8 Å². The molecule has 4 heteroatoms. The first kappa shape index (κ1) is 14.2. The number of aliphatic hydroxyl groups excluding tert-OH is 1. The van der Waals surface area contributed by atoms with E-state index in [1.165, 1.54) is 6.08 Å². The van der Waals surface area contributed by atoms with Gasteiger partial charge in [-0.3, -0.25) is 0 Å². The number of carbonyl (C=O) groups is 1. The zero-order chi connectivity index (χ0) is 12.8. The summed E-state index contributed by atoms with van der Waals surface area (Å²) in [5, 5.41) is 9.81. The Balaban J connectivity index is 2.38. The lowest BCUT2D eigenvalue weighted by molar-refractivity contribution is -0.142. The summed E-state index contributed by atoms with van der Waals surface area (Å²) in [5.74, 6) is -0.122. The lowest BCUT2D eigenvalue weighted by atomic mass is 9.85. The molecule has 1 N–H and O–H groups in total. The molecular weight excluding hydrogens is 220 g/mol. The van der Waals surface area contributed by atoms with Gasteiger partial charge in [-0.1, -0.05) is 6.58 Å². The van der Waals surface area contributed by atoms with Gasteiger partial charge >= 0.3 is 5.97 Å². The second-order valence-corrected chi connectivity index (χ2v) is 4.80. The summed E-state index contributed by atoms with van der Waals surface area (Å²) < 4.78 is 10.7. The Hall–Kier alpha value is -0.870. The molecule has 1 saturated carbocycles. The van der Waals surface area contributed by atoms with E-state index in [1.54, 1.807) is 0 Å². The third-order valence-electron chi connectivity index (χ3n) is 2.94. The Morgan fingerprint density at radius 1 is 1.53 bits per heavy atom. The molecule has 0 amide bonds. The van der Waals surface area contributed by atoms with Crippen molar-refractivity contribution in [2.75, 3.05) is 6.61 Å². The zero-order valence-corrected chi connectivity index (χ0v) is 10.6. The van der Waals surface area contributed by atoms with Crippen LogP contribution >= 0.6 is 0 Å². The molecule has 0 aromatic carbocycles. The normalized spacial score (nSPS) is 29.1. The van der Waals surface area contributed by atoms with E-state index in [9.17, 15) is 9.90 Å². The van der Waals surface area contributed by atoms with Crippen LogP contribution in [0.4, 0.5) is 0 Å². The van der Waals surface area contributed by atoms with E-state index < -0.39 is 12.1 Å². The number of rotatable bonds is 5. The van der Waals surface area contributed by atoms with Crippen molar-refractivity contribution in [1.82, 2.24) is 0 Å². The monoisotopic (exact) mass is 242 g/mol. The summed E-state index contributed by atoms with van der Waals surface area (Å²) in [5.41, 5.74) is 0. The number of carbonyl (C=O) groups excluding carboxylic acids is 1. The molecule has 0 radical (unpaired) electrons. The van der Waals surface area contributed by atoms with Crippen LogP contribution in [-0.2, 0) is 14.3 Å². The third kappa shape index (κ3) is 4.88. The molecule has 17 heavy (non-hydrogen) atoms. The number of esters is 1. The van der Waals surface area contributed by atoms with Crippen LogP contribution < -0.4 is 0 Å². The number of ether oxygens (including phenoxy) is 2. The lowest BCUT2D eigenvalue weighted by Gasteiger charge is -2.33. The van der Waals surface area contributed by atoms with Crippen LogP contribution in [0.15, 0.2) is 12.7 Å². The molecule has 1 aliphatic carbocycles. The fourth-order valence-electron chi connectivity index (χ4n) is 2.10. The summed E-state index contributed by atoms with van der Waals surface area (Å²) in [6, 6.07) is 0. The van der Waals surface area contributed by atoms with Gasteiger partial charge in [0.25, 0.3) is 0 Å². The van der Waals surface area contributed by atoms with Crippen LogP contribution in [0.2, 0.25) is 0 Å². The van der Waals surface area contributed by atoms with Crippen molar-refractivity contribution in [3.8, 4) is 0 Å². The maximum absolute atomic E-state index is 11.0. The van der Waals surface area contributed by atoms with E-state index in [2.05, 4.69) is 6.58 Å². The molecule has 0 aromatic rings. The van der Waals surface area contributed by atoms with Gasteiger partial charge in [-0.2, -0.15) is 0 Å². The minimum Gasteiger partial charge on any atom is -0.462 e. The van der Waals surface area contributed by atoms with Gasteiger partial charge in [0.1, 0.15) is 0 Å². The maximum Gasteiger partial charge on any atom is 0.330 e. The van der Waals surface area contributed by atoms with Gasteiger partial charge in [-0.05, 0) is 39.0 Å². The van der Waals surface area contributed by atoms with Gasteiger partial charge < -0.3 is 14.6 Å².